The summed E-state index contributed by atoms with van der Waals surface area (Å²) in [6, 6.07) is -1.17. The number of carbonyl (C=O) groups excluding carboxylic acids is 2. The highest BCUT2D eigenvalue weighted by molar-refractivity contribution is 7.91. The molecule has 0 aromatic heterocycles. The molecule has 0 N–H and O–H groups in total. The highest BCUT2D eigenvalue weighted by Crippen LogP contribution is 2.21. The van der Waals surface area contributed by atoms with E-state index in [0.29, 0.717) is 19.3 Å². The molecular formula is C12H21NO5S. The number of hydrogen-bond donors (Lipinski definition) is 0. The lowest BCUT2D eigenvalue weighted by molar-refractivity contribution is -0.153. The van der Waals surface area contributed by atoms with Gasteiger partial charge in [0.15, 0.2) is 9.84 Å². The minimum absolute atomic E-state index is 0.0657. The monoisotopic (exact) mass is 291 g/mol. The summed E-state index contributed by atoms with van der Waals surface area (Å²) in [7, 11) is -1.84. The number of nitrogens with zero attached hydrogens (tertiary/aromatic N) is 1. The Labute approximate surface area is 114 Å². The van der Waals surface area contributed by atoms with E-state index in [9.17, 15) is 18.0 Å². The summed E-state index contributed by atoms with van der Waals surface area (Å²) < 4.78 is 27.7. The van der Waals surface area contributed by atoms with Gasteiger partial charge >= 0.3 is 5.97 Å². The molecule has 1 heterocycles. The van der Waals surface area contributed by atoms with E-state index in [4.69, 9.17) is 0 Å². The van der Waals surface area contributed by atoms with Crippen LogP contribution in [0.1, 0.15) is 33.1 Å². The molecule has 7 heteroatoms. The first-order valence-electron chi connectivity index (χ1n) is 6.41. The third kappa shape index (κ3) is 3.92. The van der Waals surface area contributed by atoms with Gasteiger partial charge in [-0.25, -0.2) is 13.2 Å². The second-order valence-electron chi connectivity index (χ2n) is 4.81. The van der Waals surface area contributed by atoms with Gasteiger partial charge in [0, 0.05) is 12.5 Å². The van der Waals surface area contributed by atoms with Gasteiger partial charge in [0.25, 0.3) is 0 Å². The van der Waals surface area contributed by atoms with Crippen molar-refractivity contribution in [3.05, 3.63) is 0 Å². The highest BCUT2D eigenvalue weighted by Gasteiger charge is 2.38. The van der Waals surface area contributed by atoms with Crippen LogP contribution in [0.4, 0.5) is 0 Å². The Balaban J connectivity index is 2.93. The Kier molecular flexibility index (Phi) is 5.34. The average Bonchev–Trinajstić information content (AvgIpc) is 2.69. The second-order valence-corrected chi connectivity index (χ2v) is 7.04. The zero-order chi connectivity index (χ0) is 14.6. The van der Waals surface area contributed by atoms with Gasteiger partial charge in [-0.05, 0) is 19.8 Å². The number of rotatable bonds is 5. The lowest BCUT2D eigenvalue weighted by Crippen LogP contribution is -2.50. The molecule has 19 heavy (non-hydrogen) atoms. The fraction of sp³-hybridized carbons (Fsp3) is 0.833. The molecule has 0 radical (unpaired) electrons. The molecule has 1 aliphatic heterocycles. The van der Waals surface area contributed by atoms with E-state index in [2.05, 4.69) is 4.74 Å². The summed E-state index contributed by atoms with van der Waals surface area (Å²) in [6.45, 7) is 3.44. The minimum atomic E-state index is -3.10. The fourth-order valence-corrected chi connectivity index (χ4v) is 4.07. The minimum Gasteiger partial charge on any atom is -0.467 e. The van der Waals surface area contributed by atoms with Crippen molar-refractivity contribution in [2.75, 3.05) is 18.6 Å². The largest absolute Gasteiger partial charge is 0.467 e. The maximum absolute atomic E-state index is 12.1. The number of hydrogen-bond acceptors (Lipinski definition) is 5. The fourth-order valence-electron chi connectivity index (χ4n) is 2.36. The van der Waals surface area contributed by atoms with Gasteiger partial charge in [0.05, 0.1) is 18.6 Å². The van der Waals surface area contributed by atoms with Crippen LogP contribution in [0.2, 0.25) is 0 Å². The molecule has 6 nitrogen and oxygen atoms in total. The molecule has 1 amide bonds. The molecule has 0 unspecified atom stereocenters. The predicted molar refractivity (Wildman–Crippen MR) is 70.3 cm³/mol. The summed E-state index contributed by atoms with van der Waals surface area (Å²) in [4.78, 5) is 25.1. The molecule has 2 atom stereocenters. The molecule has 0 saturated carbocycles. The molecule has 0 aromatic carbocycles. The van der Waals surface area contributed by atoms with Gasteiger partial charge in [0.2, 0.25) is 5.91 Å². The van der Waals surface area contributed by atoms with Crippen LogP contribution in [-0.4, -0.2) is 55.9 Å². The van der Waals surface area contributed by atoms with Crippen LogP contribution in [0.15, 0.2) is 0 Å². The number of carbonyl (C=O) groups is 2. The Morgan fingerprint density at radius 1 is 1.42 bits per heavy atom. The van der Waals surface area contributed by atoms with Crippen LogP contribution in [0, 0.1) is 0 Å². The van der Waals surface area contributed by atoms with Crippen molar-refractivity contribution in [3.63, 3.8) is 0 Å². The first-order valence-corrected chi connectivity index (χ1v) is 8.24. The maximum atomic E-state index is 12.1. The van der Waals surface area contributed by atoms with Crippen LogP contribution in [0.5, 0.6) is 0 Å². The molecule has 0 spiro atoms. The van der Waals surface area contributed by atoms with E-state index in [1.807, 2.05) is 6.92 Å². The number of ether oxygens (including phenoxy) is 1. The molecule has 1 saturated heterocycles. The molecule has 1 rings (SSSR count). The normalized spacial score (nSPS) is 22.8. The maximum Gasteiger partial charge on any atom is 0.328 e. The van der Waals surface area contributed by atoms with E-state index in [0.717, 1.165) is 0 Å². The molecule has 0 aliphatic carbocycles. The Morgan fingerprint density at radius 3 is 2.47 bits per heavy atom. The number of sulfone groups is 1. The van der Waals surface area contributed by atoms with Crippen molar-refractivity contribution in [1.82, 2.24) is 4.90 Å². The number of methoxy groups -OCH3 is 1. The van der Waals surface area contributed by atoms with Crippen molar-refractivity contribution in [2.24, 2.45) is 0 Å². The third-order valence-corrected chi connectivity index (χ3v) is 5.06. The van der Waals surface area contributed by atoms with E-state index in [1.54, 1.807) is 6.92 Å². The van der Waals surface area contributed by atoms with Crippen molar-refractivity contribution in [3.8, 4) is 0 Å². The van der Waals surface area contributed by atoms with E-state index < -0.39 is 27.9 Å². The zero-order valence-electron chi connectivity index (χ0n) is 11.6. The van der Waals surface area contributed by atoms with Crippen molar-refractivity contribution in [1.29, 1.82) is 0 Å². The van der Waals surface area contributed by atoms with Gasteiger partial charge in [-0.3, -0.25) is 4.79 Å². The third-order valence-electron chi connectivity index (χ3n) is 3.31. The average molecular weight is 291 g/mol. The Morgan fingerprint density at radius 2 is 2.05 bits per heavy atom. The van der Waals surface area contributed by atoms with Crippen LogP contribution < -0.4 is 0 Å². The summed E-state index contributed by atoms with van der Waals surface area (Å²) in [5.74, 6) is -0.707. The molecule has 1 aliphatic rings. The van der Waals surface area contributed by atoms with Gasteiger partial charge in [-0.15, -0.1) is 0 Å². The van der Waals surface area contributed by atoms with Crippen LogP contribution in [-0.2, 0) is 24.2 Å². The van der Waals surface area contributed by atoms with Crippen molar-refractivity contribution >= 4 is 21.7 Å². The van der Waals surface area contributed by atoms with E-state index >= 15 is 0 Å². The SMILES string of the molecule is CCCC(=O)N([C@@H]1CCS(=O)(=O)C1)[C@H](C)C(=O)OC. The summed E-state index contributed by atoms with van der Waals surface area (Å²) in [6.07, 6.45) is 1.35. The topological polar surface area (TPSA) is 80.8 Å². The smallest absolute Gasteiger partial charge is 0.328 e. The second kappa shape index (κ2) is 6.36. The highest BCUT2D eigenvalue weighted by atomic mass is 32.2. The van der Waals surface area contributed by atoms with Crippen LogP contribution >= 0.6 is 0 Å². The number of amides is 1. The van der Waals surface area contributed by atoms with E-state index in [1.165, 1.54) is 12.0 Å². The Hall–Kier alpha value is -1.11. The first kappa shape index (κ1) is 15.9. The lowest BCUT2D eigenvalue weighted by atomic mass is 10.1. The predicted octanol–water partition coefficient (Wildman–Crippen LogP) is 0.364. The summed E-state index contributed by atoms with van der Waals surface area (Å²) in [5.41, 5.74) is 0. The summed E-state index contributed by atoms with van der Waals surface area (Å²) >= 11 is 0. The number of esters is 1. The van der Waals surface area contributed by atoms with Gasteiger partial charge in [-0.1, -0.05) is 6.92 Å². The lowest BCUT2D eigenvalue weighted by Gasteiger charge is -2.32. The Bertz CT molecular complexity index is 445. The van der Waals surface area contributed by atoms with Gasteiger partial charge < -0.3 is 9.64 Å². The molecular weight excluding hydrogens is 270 g/mol. The first-order chi connectivity index (χ1) is 8.82. The van der Waals surface area contributed by atoms with Gasteiger partial charge in [0.1, 0.15) is 6.04 Å². The molecule has 0 aromatic rings. The zero-order valence-corrected chi connectivity index (χ0v) is 12.4. The van der Waals surface area contributed by atoms with Crippen molar-refractivity contribution in [2.45, 2.75) is 45.2 Å². The summed E-state index contributed by atoms with van der Waals surface area (Å²) in [5, 5.41) is 0. The van der Waals surface area contributed by atoms with Crippen molar-refractivity contribution < 1.29 is 22.7 Å². The molecule has 1 fully saturated rings. The van der Waals surface area contributed by atoms with Crippen LogP contribution in [0.25, 0.3) is 0 Å². The molecule has 0 bridgehead atoms. The molecule has 110 valence electrons. The van der Waals surface area contributed by atoms with E-state index in [-0.39, 0.29) is 17.4 Å². The standard InChI is InChI=1S/C12H21NO5S/c1-4-5-11(14)13(9(2)12(15)18-3)10-6-7-19(16,17)8-10/h9-10H,4-8H2,1-3H3/t9-,10-/m1/s1. The van der Waals surface area contributed by atoms with Crippen LogP contribution in [0.3, 0.4) is 0 Å². The quantitative estimate of drug-likeness (QED) is 0.683. The van der Waals surface area contributed by atoms with Gasteiger partial charge in [-0.2, -0.15) is 0 Å².